The summed E-state index contributed by atoms with van der Waals surface area (Å²) < 4.78 is 21.4. The lowest BCUT2D eigenvalue weighted by molar-refractivity contribution is -0.0107. The number of hydrogen-bond donors (Lipinski definition) is 3. The quantitative estimate of drug-likeness (QED) is 0.400. The second-order valence-electron chi connectivity index (χ2n) is 5.80. The number of carboxylic acid groups (broad SMARTS) is 1. The van der Waals surface area contributed by atoms with Crippen molar-refractivity contribution < 1.29 is 34.0 Å². The molecular weight excluding hydrogens is 318 g/mol. The van der Waals surface area contributed by atoms with Crippen LogP contribution in [0.15, 0.2) is 0 Å². The standard InChI is InChI=1S/C16H31NO7/c18-5-6-21-7-8-22-9-10-23-11-12-24-13-14-1-3-15(4-2-14)17-16(19)20/h14-15,17-18H,1-13H2,(H,19,20). The van der Waals surface area contributed by atoms with Crippen LogP contribution in [0, 0.1) is 5.92 Å². The van der Waals surface area contributed by atoms with Gasteiger partial charge in [-0.25, -0.2) is 4.79 Å². The molecule has 142 valence electrons. The minimum absolute atomic E-state index is 0.0315. The van der Waals surface area contributed by atoms with E-state index in [1.165, 1.54) is 0 Å². The van der Waals surface area contributed by atoms with Crippen LogP contribution in [0.1, 0.15) is 25.7 Å². The number of rotatable bonds is 14. The van der Waals surface area contributed by atoms with Crippen LogP contribution in [0.4, 0.5) is 4.79 Å². The normalized spacial score (nSPS) is 20.9. The number of carbonyl (C=O) groups is 1. The van der Waals surface area contributed by atoms with Gasteiger partial charge in [0.1, 0.15) is 0 Å². The third kappa shape index (κ3) is 11.6. The average molecular weight is 349 g/mol. The highest BCUT2D eigenvalue weighted by atomic mass is 16.6. The maximum absolute atomic E-state index is 10.6. The van der Waals surface area contributed by atoms with Crippen molar-refractivity contribution in [2.24, 2.45) is 5.92 Å². The van der Waals surface area contributed by atoms with Crippen LogP contribution in [0.2, 0.25) is 0 Å². The lowest BCUT2D eigenvalue weighted by Gasteiger charge is -2.28. The molecule has 3 N–H and O–H groups in total. The Bertz CT molecular complexity index is 309. The second kappa shape index (κ2) is 14.4. The average Bonchev–Trinajstić information content (AvgIpc) is 2.57. The van der Waals surface area contributed by atoms with Crippen molar-refractivity contribution in [2.45, 2.75) is 31.7 Å². The monoisotopic (exact) mass is 349 g/mol. The molecule has 0 radical (unpaired) electrons. The lowest BCUT2D eigenvalue weighted by atomic mass is 9.86. The Morgan fingerprint density at radius 3 is 1.83 bits per heavy atom. The summed E-state index contributed by atoms with van der Waals surface area (Å²) in [5.74, 6) is 0.513. The zero-order valence-electron chi connectivity index (χ0n) is 14.3. The number of ether oxygens (including phenoxy) is 4. The zero-order chi connectivity index (χ0) is 17.5. The van der Waals surface area contributed by atoms with Gasteiger partial charge in [-0.15, -0.1) is 0 Å². The highest BCUT2D eigenvalue weighted by molar-refractivity contribution is 5.64. The smallest absolute Gasteiger partial charge is 0.404 e. The first kappa shape index (κ1) is 21.1. The van der Waals surface area contributed by atoms with Crippen molar-refractivity contribution in [2.75, 3.05) is 59.5 Å². The van der Waals surface area contributed by atoms with E-state index in [1.54, 1.807) is 0 Å². The summed E-state index contributed by atoms with van der Waals surface area (Å²) in [7, 11) is 0. The van der Waals surface area contributed by atoms with Crippen molar-refractivity contribution in [1.29, 1.82) is 0 Å². The van der Waals surface area contributed by atoms with E-state index >= 15 is 0 Å². The summed E-state index contributed by atoms with van der Waals surface area (Å²) in [6, 6.07) is 0.0936. The number of aliphatic hydroxyl groups excluding tert-OH is 1. The summed E-state index contributed by atoms with van der Waals surface area (Å²) in [5, 5.41) is 19.7. The van der Waals surface area contributed by atoms with Gasteiger partial charge in [-0.1, -0.05) is 0 Å². The molecular formula is C16H31NO7. The van der Waals surface area contributed by atoms with Gasteiger partial charge in [0.05, 0.1) is 52.9 Å². The van der Waals surface area contributed by atoms with E-state index in [-0.39, 0.29) is 12.6 Å². The van der Waals surface area contributed by atoms with E-state index in [0.29, 0.717) is 58.8 Å². The molecule has 1 fully saturated rings. The van der Waals surface area contributed by atoms with Gasteiger partial charge >= 0.3 is 6.09 Å². The molecule has 8 heteroatoms. The highest BCUT2D eigenvalue weighted by Crippen LogP contribution is 2.24. The Morgan fingerprint density at radius 1 is 0.833 bits per heavy atom. The van der Waals surface area contributed by atoms with Crippen molar-refractivity contribution in [3.8, 4) is 0 Å². The van der Waals surface area contributed by atoms with Gasteiger partial charge in [0.25, 0.3) is 0 Å². The van der Waals surface area contributed by atoms with Crippen molar-refractivity contribution in [3.63, 3.8) is 0 Å². The van der Waals surface area contributed by atoms with Gasteiger partial charge in [0.15, 0.2) is 0 Å². The van der Waals surface area contributed by atoms with Gasteiger partial charge in [-0.2, -0.15) is 0 Å². The van der Waals surface area contributed by atoms with Crippen LogP contribution in [0.5, 0.6) is 0 Å². The SMILES string of the molecule is O=C(O)NC1CCC(COCCOCCOCCOCCO)CC1. The lowest BCUT2D eigenvalue weighted by Crippen LogP contribution is -2.37. The first-order valence-corrected chi connectivity index (χ1v) is 8.63. The Morgan fingerprint density at radius 2 is 1.33 bits per heavy atom. The molecule has 1 aliphatic carbocycles. The Kier molecular flexibility index (Phi) is 12.7. The molecule has 1 aliphatic rings. The molecule has 0 saturated heterocycles. The van der Waals surface area contributed by atoms with Crippen LogP contribution < -0.4 is 5.32 Å². The molecule has 8 nitrogen and oxygen atoms in total. The molecule has 0 bridgehead atoms. The van der Waals surface area contributed by atoms with Crippen molar-refractivity contribution in [1.82, 2.24) is 5.32 Å². The molecule has 0 unspecified atom stereocenters. The van der Waals surface area contributed by atoms with Crippen LogP contribution in [0.3, 0.4) is 0 Å². The molecule has 1 amide bonds. The van der Waals surface area contributed by atoms with E-state index in [2.05, 4.69) is 5.32 Å². The van der Waals surface area contributed by atoms with Gasteiger partial charge < -0.3 is 34.5 Å². The van der Waals surface area contributed by atoms with E-state index in [1.807, 2.05) is 0 Å². The Balaban J connectivity index is 1.80. The maximum atomic E-state index is 10.6. The fourth-order valence-corrected chi connectivity index (χ4v) is 2.62. The minimum Gasteiger partial charge on any atom is -0.465 e. The fourth-order valence-electron chi connectivity index (χ4n) is 2.62. The number of amides is 1. The molecule has 0 atom stereocenters. The molecule has 0 heterocycles. The van der Waals surface area contributed by atoms with Crippen molar-refractivity contribution >= 4 is 6.09 Å². The van der Waals surface area contributed by atoms with Crippen LogP contribution in [-0.2, 0) is 18.9 Å². The summed E-state index contributed by atoms with van der Waals surface area (Å²) in [4.78, 5) is 10.6. The van der Waals surface area contributed by atoms with E-state index in [0.717, 1.165) is 25.7 Å². The number of aliphatic hydroxyl groups is 1. The fraction of sp³-hybridized carbons (Fsp3) is 0.938. The largest absolute Gasteiger partial charge is 0.465 e. The van der Waals surface area contributed by atoms with E-state index in [9.17, 15) is 4.79 Å². The topological polar surface area (TPSA) is 106 Å². The number of nitrogens with one attached hydrogen (secondary N) is 1. The third-order valence-corrected chi connectivity index (χ3v) is 3.88. The molecule has 1 saturated carbocycles. The van der Waals surface area contributed by atoms with E-state index < -0.39 is 6.09 Å². The summed E-state index contributed by atoms with van der Waals surface area (Å²) in [6.07, 6.45) is 2.83. The number of hydrogen-bond acceptors (Lipinski definition) is 6. The molecule has 0 aromatic heterocycles. The summed E-state index contributed by atoms with van der Waals surface area (Å²) in [6.45, 7) is 4.21. The molecule has 0 aromatic rings. The predicted octanol–water partition coefficient (Wildman–Crippen LogP) is 0.872. The predicted molar refractivity (Wildman–Crippen MR) is 87.3 cm³/mol. The Labute approximate surface area is 143 Å². The van der Waals surface area contributed by atoms with Gasteiger partial charge in [-0.3, -0.25) is 0 Å². The third-order valence-electron chi connectivity index (χ3n) is 3.88. The zero-order valence-corrected chi connectivity index (χ0v) is 14.3. The van der Waals surface area contributed by atoms with Gasteiger partial charge in [0, 0.05) is 12.6 Å². The maximum Gasteiger partial charge on any atom is 0.404 e. The molecule has 1 rings (SSSR count). The first-order chi connectivity index (χ1) is 11.7. The second-order valence-corrected chi connectivity index (χ2v) is 5.80. The van der Waals surface area contributed by atoms with Gasteiger partial charge in [-0.05, 0) is 31.6 Å². The minimum atomic E-state index is -0.937. The van der Waals surface area contributed by atoms with Gasteiger partial charge in [0.2, 0.25) is 0 Å². The molecule has 0 aromatic carbocycles. The summed E-state index contributed by atoms with van der Waals surface area (Å²) in [5.41, 5.74) is 0. The van der Waals surface area contributed by atoms with Crippen LogP contribution >= 0.6 is 0 Å². The van der Waals surface area contributed by atoms with Crippen LogP contribution in [-0.4, -0.2) is 81.8 Å². The molecule has 24 heavy (non-hydrogen) atoms. The first-order valence-electron chi connectivity index (χ1n) is 8.63. The van der Waals surface area contributed by atoms with Crippen LogP contribution in [0.25, 0.3) is 0 Å². The van der Waals surface area contributed by atoms with Crippen molar-refractivity contribution in [3.05, 3.63) is 0 Å². The Hall–Kier alpha value is -0.930. The highest BCUT2D eigenvalue weighted by Gasteiger charge is 2.22. The van der Waals surface area contributed by atoms with E-state index in [4.69, 9.17) is 29.2 Å². The molecule has 0 aliphatic heterocycles. The molecule has 0 spiro atoms. The summed E-state index contributed by atoms with van der Waals surface area (Å²) >= 11 is 0.